The summed E-state index contributed by atoms with van der Waals surface area (Å²) in [6.07, 6.45) is 1.53. The average Bonchev–Trinajstić information content (AvgIpc) is 2.70. The van der Waals surface area contributed by atoms with Gasteiger partial charge in [0.05, 0.1) is 10.7 Å². The lowest BCUT2D eigenvalue weighted by Gasteiger charge is -2.04. The predicted octanol–water partition coefficient (Wildman–Crippen LogP) is 2.20. The van der Waals surface area contributed by atoms with Crippen LogP contribution in [-0.4, -0.2) is 14.8 Å². The lowest BCUT2D eigenvalue weighted by Crippen LogP contribution is -1.99. The van der Waals surface area contributed by atoms with E-state index in [0.717, 1.165) is 17.9 Å². The molecule has 1 aromatic heterocycles. The molecule has 5 heteroatoms. The van der Waals surface area contributed by atoms with Crippen molar-refractivity contribution in [3.8, 4) is 11.4 Å². The van der Waals surface area contributed by atoms with E-state index in [-0.39, 0.29) is 0 Å². The Labute approximate surface area is 92.7 Å². The van der Waals surface area contributed by atoms with Crippen molar-refractivity contribution in [2.24, 2.45) is 0 Å². The standard InChI is InChI=1S/C10H11ClN4/c1-2-15-10(13-6-14-15)7-3-4-9(12)8(11)5-7/h3-6H,2,12H2,1H3. The van der Waals surface area contributed by atoms with Crippen molar-refractivity contribution in [3.63, 3.8) is 0 Å². The SMILES string of the molecule is CCn1ncnc1-c1ccc(N)c(Cl)c1. The van der Waals surface area contributed by atoms with Gasteiger partial charge in [-0.25, -0.2) is 9.67 Å². The lowest BCUT2D eigenvalue weighted by atomic mass is 10.2. The van der Waals surface area contributed by atoms with Crippen LogP contribution < -0.4 is 5.73 Å². The Balaban J connectivity index is 2.50. The summed E-state index contributed by atoms with van der Waals surface area (Å²) in [4.78, 5) is 4.18. The topological polar surface area (TPSA) is 56.7 Å². The van der Waals surface area contributed by atoms with Crippen molar-refractivity contribution in [1.82, 2.24) is 14.8 Å². The molecule has 0 aliphatic carbocycles. The highest BCUT2D eigenvalue weighted by atomic mass is 35.5. The van der Waals surface area contributed by atoms with Crippen LogP contribution >= 0.6 is 11.6 Å². The van der Waals surface area contributed by atoms with Crippen molar-refractivity contribution >= 4 is 17.3 Å². The van der Waals surface area contributed by atoms with E-state index in [4.69, 9.17) is 17.3 Å². The van der Waals surface area contributed by atoms with Gasteiger partial charge in [-0.05, 0) is 25.1 Å². The second-order valence-electron chi connectivity index (χ2n) is 3.14. The summed E-state index contributed by atoms with van der Waals surface area (Å²) >= 11 is 5.94. The molecule has 0 saturated carbocycles. The van der Waals surface area contributed by atoms with Crippen LogP contribution in [0.4, 0.5) is 5.69 Å². The summed E-state index contributed by atoms with van der Waals surface area (Å²) in [6.45, 7) is 2.79. The monoisotopic (exact) mass is 222 g/mol. The first-order chi connectivity index (χ1) is 7.22. The molecule has 1 heterocycles. The van der Waals surface area contributed by atoms with E-state index in [1.165, 1.54) is 6.33 Å². The van der Waals surface area contributed by atoms with Gasteiger partial charge in [0.25, 0.3) is 0 Å². The number of rotatable bonds is 2. The van der Waals surface area contributed by atoms with E-state index in [1.807, 2.05) is 17.7 Å². The number of benzene rings is 1. The van der Waals surface area contributed by atoms with Crippen LogP contribution in [0, 0.1) is 0 Å². The van der Waals surface area contributed by atoms with Gasteiger partial charge in [-0.3, -0.25) is 0 Å². The maximum atomic E-state index is 5.94. The molecule has 0 unspecified atom stereocenters. The van der Waals surface area contributed by atoms with Gasteiger partial charge in [-0.1, -0.05) is 11.6 Å². The minimum atomic E-state index is 0.540. The highest BCUT2D eigenvalue weighted by Crippen LogP contribution is 2.25. The van der Waals surface area contributed by atoms with Gasteiger partial charge in [0.2, 0.25) is 0 Å². The fourth-order valence-corrected chi connectivity index (χ4v) is 1.57. The summed E-state index contributed by atoms with van der Waals surface area (Å²) < 4.78 is 1.81. The summed E-state index contributed by atoms with van der Waals surface area (Å²) in [5.41, 5.74) is 7.13. The van der Waals surface area contributed by atoms with Crippen LogP contribution in [0.3, 0.4) is 0 Å². The molecule has 0 atom stereocenters. The Morgan fingerprint density at radius 2 is 2.27 bits per heavy atom. The zero-order chi connectivity index (χ0) is 10.8. The van der Waals surface area contributed by atoms with Gasteiger partial charge in [0.15, 0.2) is 5.82 Å². The number of nitrogens with zero attached hydrogens (tertiary/aromatic N) is 3. The van der Waals surface area contributed by atoms with E-state index < -0.39 is 0 Å². The average molecular weight is 223 g/mol. The van der Waals surface area contributed by atoms with Crippen LogP contribution in [0.5, 0.6) is 0 Å². The summed E-state index contributed by atoms with van der Waals surface area (Å²) in [6, 6.07) is 5.46. The predicted molar refractivity (Wildman–Crippen MR) is 60.6 cm³/mol. The number of nitrogens with two attached hydrogens (primary N) is 1. The number of anilines is 1. The Morgan fingerprint density at radius 3 is 2.93 bits per heavy atom. The number of aromatic nitrogens is 3. The first-order valence-electron chi connectivity index (χ1n) is 4.65. The third kappa shape index (κ3) is 1.80. The van der Waals surface area contributed by atoms with Gasteiger partial charge in [-0.15, -0.1) is 0 Å². The zero-order valence-corrected chi connectivity index (χ0v) is 9.07. The third-order valence-electron chi connectivity index (χ3n) is 2.17. The molecule has 0 radical (unpaired) electrons. The highest BCUT2D eigenvalue weighted by Gasteiger charge is 2.07. The first-order valence-corrected chi connectivity index (χ1v) is 5.03. The van der Waals surface area contributed by atoms with Crippen molar-refractivity contribution in [1.29, 1.82) is 0 Å². The molecule has 0 spiro atoms. The quantitative estimate of drug-likeness (QED) is 0.793. The molecule has 0 fully saturated rings. The molecule has 4 nitrogen and oxygen atoms in total. The van der Waals surface area contributed by atoms with Gasteiger partial charge in [-0.2, -0.15) is 5.10 Å². The molecule has 0 saturated heterocycles. The molecule has 78 valence electrons. The molecular weight excluding hydrogens is 212 g/mol. The van der Waals surface area contributed by atoms with Gasteiger partial charge >= 0.3 is 0 Å². The summed E-state index contributed by atoms with van der Waals surface area (Å²) in [7, 11) is 0. The number of hydrogen-bond donors (Lipinski definition) is 1. The molecular formula is C10H11ClN4. The Bertz CT molecular complexity index is 478. The fraction of sp³-hybridized carbons (Fsp3) is 0.200. The van der Waals surface area contributed by atoms with Crippen molar-refractivity contribution in [3.05, 3.63) is 29.5 Å². The smallest absolute Gasteiger partial charge is 0.158 e. The number of hydrogen-bond acceptors (Lipinski definition) is 3. The molecule has 15 heavy (non-hydrogen) atoms. The second-order valence-corrected chi connectivity index (χ2v) is 3.54. The van der Waals surface area contributed by atoms with Crippen LogP contribution in [0.25, 0.3) is 11.4 Å². The van der Waals surface area contributed by atoms with Gasteiger partial charge < -0.3 is 5.73 Å². The molecule has 0 aliphatic heterocycles. The normalized spacial score (nSPS) is 10.5. The minimum absolute atomic E-state index is 0.540. The number of halogens is 1. The van der Waals surface area contributed by atoms with Crippen LogP contribution in [-0.2, 0) is 6.54 Å². The zero-order valence-electron chi connectivity index (χ0n) is 8.31. The molecule has 2 N–H and O–H groups in total. The van der Waals surface area contributed by atoms with Gasteiger partial charge in [0.1, 0.15) is 6.33 Å². The molecule has 0 aliphatic rings. The number of aryl methyl sites for hydroxylation is 1. The number of nitrogen functional groups attached to an aromatic ring is 1. The second kappa shape index (κ2) is 3.90. The fourth-order valence-electron chi connectivity index (χ4n) is 1.39. The summed E-state index contributed by atoms with van der Waals surface area (Å²) in [5.74, 6) is 0.805. The Morgan fingerprint density at radius 1 is 1.47 bits per heavy atom. The third-order valence-corrected chi connectivity index (χ3v) is 2.50. The van der Waals surface area contributed by atoms with Crippen LogP contribution in [0.1, 0.15) is 6.92 Å². The van der Waals surface area contributed by atoms with E-state index in [9.17, 15) is 0 Å². The largest absolute Gasteiger partial charge is 0.398 e. The van der Waals surface area contributed by atoms with E-state index in [2.05, 4.69) is 10.1 Å². The van der Waals surface area contributed by atoms with E-state index in [1.54, 1.807) is 12.1 Å². The molecule has 0 bridgehead atoms. The Hall–Kier alpha value is -1.55. The molecule has 1 aromatic carbocycles. The van der Waals surface area contributed by atoms with Crippen LogP contribution in [0.15, 0.2) is 24.5 Å². The molecule has 0 amide bonds. The van der Waals surface area contributed by atoms with Crippen LogP contribution in [0.2, 0.25) is 5.02 Å². The van der Waals surface area contributed by atoms with E-state index >= 15 is 0 Å². The molecule has 2 rings (SSSR count). The van der Waals surface area contributed by atoms with Crippen molar-refractivity contribution in [2.45, 2.75) is 13.5 Å². The maximum absolute atomic E-state index is 5.94. The Kier molecular flexibility index (Phi) is 2.60. The van der Waals surface area contributed by atoms with Gasteiger partial charge in [0, 0.05) is 12.1 Å². The van der Waals surface area contributed by atoms with Crippen molar-refractivity contribution < 1.29 is 0 Å². The lowest BCUT2D eigenvalue weighted by molar-refractivity contribution is 0.666. The maximum Gasteiger partial charge on any atom is 0.158 e. The van der Waals surface area contributed by atoms with E-state index in [0.29, 0.717) is 10.7 Å². The molecule has 2 aromatic rings. The first kappa shape index (κ1) is 9.98. The summed E-state index contributed by atoms with van der Waals surface area (Å²) in [5, 5.41) is 4.63. The van der Waals surface area contributed by atoms with Crippen molar-refractivity contribution in [2.75, 3.05) is 5.73 Å². The highest BCUT2D eigenvalue weighted by molar-refractivity contribution is 6.33. The minimum Gasteiger partial charge on any atom is -0.398 e.